The number of carbonyl (C=O) groups is 1. The number of aromatic nitrogens is 2. The predicted octanol–water partition coefficient (Wildman–Crippen LogP) is 3.54. The smallest absolute Gasteiger partial charge is 0.276 e. The first-order valence-electron chi connectivity index (χ1n) is 11.2. The number of rotatable bonds is 5. The van der Waals surface area contributed by atoms with Gasteiger partial charge in [0.1, 0.15) is 0 Å². The Morgan fingerprint density at radius 2 is 1.70 bits per heavy atom. The second kappa shape index (κ2) is 9.44. The van der Waals surface area contributed by atoms with E-state index >= 15 is 0 Å². The van der Waals surface area contributed by atoms with Crippen LogP contribution in [0.5, 0.6) is 0 Å². The van der Waals surface area contributed by atoms with E-state index in [4.69, 9.17) is 0 Å². The Hall–Kier alpha value is -3.04. The minimum Gasteiger partial charge on any atom is -0.321 e. The molecule has 0 saturated carbocycles. The van der Waals surface area contributed by atoms with E-state index in [9.17, 15) is 18.0 Å². The monoisotopic (exact) mass is 468 g/mol. The number of anilines is 1. The minimum absolute atomic E-state index is 0.115. The van der Waals surface area contributed by atoms with Crippen LogP contribution in [0.2, 0.25) is 0 Å². The van der Waals surface area contributed by atoms with Crippen LogP contribution in [0, 0.1) is 6.92 Å². The number of hydrogen-bond donors (Lipinski definition) is 1. The standard InChI is InChI=1S/C24H28N4O4S/c1-3-28-24(30)20-11-7-6-10-19(20)22(26-28)23(29)25-18-13-12-17(2)21(16-18)33(31,32)27-14-8-4-5-9-15-27/h6-7,10-13,16H,3-5,8-9,14-15H2,1-2H3,(H,25,29). The fraction of sp³-hybridized carbons (Fsp3) is 0.375. The van der Waals surface area contributed by atoms with Gasteiger partial charge in [-0.2, -0.15) is 9.40 Å². The first-order valence-corrected chi connectivity index (χ1v) is 12.7. The molecule has 0 unspecified atom stereocenters. The van der Waals surface area contributed by atoms with Crippen LogP contribution in [0.4, 0.5) is 5.69 Å². The van der Waals surface area contributed by atoms with Crippen LogP contribution in [-0.4, -0.2) is 41.5 Å². The molecule has 174 valence electrons. The molecule has 1 aliphatic rings. The molecule has 0 radical (unpaired) electrons. The second-order valence-corrected chi connectivity index (χ2v) is 10.2. The molecule has 0 spiro atoms. The van der Waals surface area contributed by atoms with Gasteiger partial charge in [-0.05, 0) is 50.5 Å². The van der Waals surface area contributed by atoms with Gasteiger partial charge in [0.2, 0.25) is 10.0 Å². The Morgan fingerprint density at radius 3 is 2.36 bits per heavy atom. The molecule has 33 heavy (non-hydrogen) atoms. The maximum Gasteiger partial charge on any atom is 0.276 e. The number of nitrogens with zero attached hydrogens (tertiary/aromatic N) is 3. The molecule has 0 bridgehead atoms. The average Bonchev–Trinajstić information content (AvgIpc) is 3.11. The van der Waals surface area contributed by atoms with E-state index in [0.29, 0.717) is 41.7 Å². The van der Waals surface area contributed by atoms with Gasteiger partial charge in [0.25, 0.3) is 11.5 Å². The Bertz CT molecular complexity index is 1360. The zero-order chi connectivity index (χ0) is 23.6. The highest BCUT2D eigenvalue weighted by molar-refractivity contribution is 7.89. The number of hydrogen-bond acceptors (Lipinski definition) is 5. The molecule has 4 rings (SSSR count). The molecule has 1 saturated heterocycles. The summed E-state index contributed by atoms with van der Waals surface area (Å²) in [6, 6.07) is 11.7. The fourth-order valence-corrected chi connectivity index (χ4v) is 5.95. The van der Waals surface area contributed by atoms with E-state index in [1.807, 2.05) is 0 Å². The quantitative estimate of drug-likeness (QED) is 0.617. The summed E-state index contributed by atoms with van der Waals surface area (Å²) >= 11 is 0. The van der Waals surface area contributed by atoms with Crippen LogP contribution in [-0.2, 0) is 16.6 Å². The summed E-state index contributed by atoms with van der Waals surface area (Å²) in [5.74, 6) is -0.504. The molecule has 9 heteroatoms. The molecule has 8 nitrogen and oxygen atoms in total. The van der Waals surface area contributed by atoms with Gasteiger partial charge in [-0.1, -0.05) is 37.1 Å². The highest BCUT2D eigenvalue weighted by atomic mass is 32.2. The molecular formula is C24H28N4O4S. The highest BCUT2D eigenvalue weighted by Gasteiger charge is 2.27. The normalized spacial score (nSPS) is 15.3. The molecular weight excluding hydrogens is 440 g/mol. The summed E-state index contributed by atoms with van der Waals surface area (Å²) in [5.41, 5.74) is 0.842. The molecule has 1 aromatic heterocycles. The van der Waals surface area contributed by atoms with Crippen molar-refractivity contribution in [3.63, 3.8) is 0 Å². The minimum atomic E-state index is -3.67. The topological polar surface area (TPSA) is 101 Å². The highest BCUT2D eigenvalue weighted by Crippen LogP contribution is 2.26. The van der Waals surface area contributed by atoms with E-state index in [2.05, 4.69) is 10.4 Å². The number of nitrogens with one attached hydrogen (secondary N) is 1. The first-order chi connectivity index (χ1) is 15.8. The number of carbonyl (C=O) groups excluding carboxylic acids is 1. The first kappa shape index (κ1) is 23.1. The van der Waals surface area contributed by atoms with E-state index in [-0.39, 0.29) is 16.1 Å². The number of benzene rings is 2. The van der Waals surface area contributed by atoms with E-state index in [1.165, 1.54) is 10.7 Å². The average molecular weight is 469 g/mol. The maximum atomic E-state index is 13.3. The summed E-state index contributed by atoms with van der Waals surface area (Å²) in [4.78, 5) is 25.9. The molecule has 1 fully saturated rings. The Balaban J connectivity index is 1.69. The van der Waals surface area contributed by atoms with E-state index in [0.717, 1.165) is 25.7 Å². The molecule has 1 N–H and O–H groups in total. The maximum absolute atomic E-state index is 13.3. The zero-order valence-electron chi connectivity index (χ0n) is 18.9. The van der Waals surface area contributed by atoms with Gasteiger partial charge in [0.15, 0.2) is 5.69 Å². The van der Waals surface area contributed by atoms with Crippen molar-refractivity contribution in [2.75, 3.05) is 18.4 Å². The predicted molar refractivity (Wildman–Crippen MR) is 128 cm³/mol. The third kappa shape index (κ3) is 4.56. The lowest BCUT2D eigenvalue weighted by atomic mass is 10.1. The van der Waals surface area contributed by atoms with Crippen LogP contribution in [0.25, 0.3) is 10.8 Å². The van der Waals surface area contributed by atoms with E-state index < -0.39 is 15.9 Å². The summed E-state index contributed by atoms with van der Waals surface area (Å²) in [5, 5.41) is 7.89. The Morgan fingerprint density at radius 1 is 1.03 bits per heavy atom. The molecule has 2 heterocycles. The van der Waals surface area contributed by atoms with Crippen LogP contribution in [0.3, 0.4) is 0 Å². The van der Waals surface area contributed by atoms with Crippen LogP contribution in [0.15, 0.2) is 52.2 Å². The fourth-order valence-electron chi connectivity index (χ4n) is 4.18. The number of aryl methyl sites for hydroxylation is 2. The van der Waals surface area contributed by atoms with Crippen molar-refractivity contribution in [2.45, 2.75) is 51.0 Å². The molecule has 1 aliphatic heterocycles. The second-order valence-electron chi connectivity index (χ2n) is 8.27. The molecule has 3 aromatic rings. The van der Waals surface area contributed by atoms with Gasteiger partial charge >= 0.3 is 0 Å². The zero-order valence-corrected chi connectivity index (χ0v) is 19.7. The summed E-state index contributed by atoms with van der Waals surface area (Å²) in [6.07, 6.45) is 3.76. The molecule has 0 aliphatic carbocycles. The van der Waals surface area contributed by atoms with Gasteiger partial charge in [0, 0.05) is 30.7 Å². The van der Waals surface area contributed by atoms with Crippen molar-refractivity contribution in [3.8, 4) is 0 Å². The van der Waals surface area contributed by atoms with Crippen LogP contribution >= 0.6 is 0 Å². The lowest BCUT2D eigenvalue weighted by Gasteiger charge is -2.21. The number of amides is 1. The SMILES string of the molecule is CCn1nc(C(=O)Nc2ccc(C)c(S(=O)(=O)N3CCCCCC3)c2)c2ccccc2c1=O. The molecule has 2 aromatic carbocycles. The van der Waals surface area contributed by atoms with Crippen molar-refractivity contribution in [2.24, 2.45) is 0 Å². The third-order valence-corrected chi connectivity index (χ3v) is 8.05. The Kier molecular flexibility index (Phi) is 6.62. The summed E-state index contributed by atoms with van der Waals surface area (Å²) in [6.45, 7) is 4.87. The van der Waals surface area contributed by atoms with Crippen molar-refractivity contribution in [1.82, 2.24) is 14.1 Å². The van der Waals surface area contributed by atoms with Gasteiger partial charge in [-0.15, -0.1) is 0 Å². The van der Waals surface area contributed by atoms with Crippen molar-refractivity contribution < 1.29 is 13.2 Å². The van der Waals surface area contributed by atoms with Crippen molar-refractivity contribution >= 4 is 32.4 Å². The third-order valence-electron chi connectivity index (χ3n) is 6.01. The number of fused-ring (bicyclic) bond motifs is 1. The largest absolute Gasteiger partial charge is 0.321 e. The van der Waals surface area contributed by atoms with Crippen molar-refractivity contribution in [1.29, 1.82) is 0 Å². The van der Waals surface area contributed by atoms with Gasteiger partial charge in [-0.3, -0.25) is 9.59 Å². The lowest BCUT2D eigenvalue weighted by molar-refractivity contribution is 0.102. The van der Waals surface area contributed by atoms with Gasteiger partial charge in [0.05, 0.1) is 10.3 Å². The lowest BCUT2D eigenvalue weighted by Crippen LogP contribution is -2.32. The molecule has 1 amide bonds. The van der Waals surface area contributed by atoms with Crippen LogP contribution in [0.1, 0.15) is 48.7 Å². The van der Waals surface area contributed by atoms with Gasteiger partial charge in [-0.25, -0.2) is 13.1 Å². The van der Waals surface area contributed by atoms with Crippen LogP contribution < -0.4 is 10.9 Å². The number of sulfonamides is 1. The summed E-state index contributed by atoms with van der Waals surface area (Å²) < 4.78 is 29.4. The Labute approximate surface area is 193 Å². The van der Waals surface area contributed by atoms with Crippen molar-refractivity contribution in [3.05, 3.63) is 64.1 Å². The molecule has 0 atom stereocenters. The summed E-state index contributed by atoms with van der Waals surface area (Å²) in [7, 11) is -3.67. The van der Waals surface area contributed by atoms with E-state index in [1.54, 1.807) is 54.6 Å². The van der Waals surface area contributed by atoms with Gasteiger partial charge < -0.3 is 5.32 Å².